The van der Waals surface area contributed by atoms with E-state index in [1.165, 1.54) is 17.0 Å². The summed E-state index contributed by atoms with van der Waals surface area (Å²) in [5, 5.41) is 2.68. The highest BCUT2D eigenvalue weighted by atomic mass is 19.4. The van der Waals surface area contributed by atoms with Crippen LogP contribution in [0.4, 0.5) is 24.5 Å². The Morgan fingerprint density at radius 2 is 1.55 bits per heavy atom. The van der Waals surface area contributed by atoms with Gasteiger partial charge in [0.05, 0.1) is 0 Å². The van der Waals surface area contributed by atoms with Crippen LogP contribution in [0.15, 0.2) is 78.9 Å². The van der Waals surface area contributed by atoms with E-state index in [0.29, 0.717) is 23.4 Å². The second-order valence-electron chi connectivity index (χ2n) is 6.95. The first-order chi connectivity index (χ1) is 14.8. The Kier molecular flexibility index (Phi) is 5.37. The number of para-hydroxylation sites is 1. The number of rotatable bonds is 4. The third kappa shape index (κ3) is 4.53. The van der Waals surface area contributed by atoms with Crippen LogP contribution in [0, 0.1) is 0 Å². The molecule has 3 aromatic carbocycles. The first kappa shape index (κ1) is 20.5. The van der Waals surface area contributed by atoms with E-state index in [-0.39, 0.29) is 11.7 Å². The molecule has 0 saturated heterocycles. The maximum absolute atomic E-state index is 13.2. The maximum Gasteiger partial charge on any atom is 0.573 e. The van der Waals surface area contributed by atoms with Gasteiger partial charge in [-0.15, -0.1) is 13.2 Å². The summed E-state index contributed by atoms with van der Waals surface area (Å²) in [6, 6.07) is 20.0. The summed E-state index contributed by atoms with van der Waals surface area (Å²) < 4.78 is 40.8. The average Bonchev–Trinajstić information content (AvgIpc) is 3.14. The van der Waals surface area contributed by atoms with Crippen LogP contribution in [-0.4, -0.2) is 24.2 Å². The first-order valence-corrected chi connectivity index (χ1v) is 9.45. The number of benzene rings is 3. The molecule has 8 heteroatoms. The Labute approximate surface area is 176 Å². The molecule has 0 aromatic heterocycles. The molecule has 0 aliphatic carbocycles. The molecule has 158 valence electrons. The fraction of sp³-hybridized carbons (Fsp3) is 0.130. The van der Waals surface area contributed by atoms with E-state index in [9.17, 15) is 22.8 Å². The van der Waals surface area contributed by atoms with Gasteiger partial charge in [-0.2, -0.15) is 0 Å². The minimum Gasteiger partial charge on any atom is -0.406 e. The van der Waals surface area contributed by atoms with Gasteiger partial charge in [0.15, 0.2) is 0 Å². The molecule has 1 aliphatic heterocycles. The predicted octanol–water partition coefficient (Wildman–Crippen LogP) is 4.80. The minimum absolute atomic E-state index is 0.294. The number of amides is 2. The first-order valence-electron chi connectivity index (χ1n) is 9.45. The summed E-state index contributed by atoms with van der Waals surface area (Å²) in [5.41, 5.74) is 2.26. The number of alkyl halides is 3. The topological polar surface area (TPSA) is 58.6 Å². The summed E-state index contributed by atoms with van der Waals surface area (Å²) >= 11 is 0. The maximum atomic E-state index is 13.2. The van der Waals surface area contributed by atoms with Gasteiger partial charge in [-0.3, -0.25) is 14.5 Å². The highest BCUT2D eigenvalue weighted by molar-refractivity contribution is 6.13. The van der Waals surface area contributed by atoms with Gasteiger partial charge >= 0.3 is 6.36 Å². The van der Waals surface area contributed by atoms with Gasteiger partial charge in [0.25, 0.3) is 5.91 Å². The van der Waals surface area contributed by atoms with Crippen molar-refractivity contribution in [3.63, 3.8) is 0 Å². The molecule has 4 rings (SSSR count). The minimum atomic E-state index is -4.79. The quantitative estimate of drug-likeness (QED) is 0.652. The molecule has 5 nitrogen and oxygen atoms in total. The number of hydrogen-bond donors (Lipinski definition) is 1. The largest absolute Gasteiger partial charge is 0.573 e. The van der Waals surface area contributed by atoms with E-state index in [0.717, 1.165) is 17.7 Å². The van der Waals surface area contributed by atoms with Gasteiger partial charge in [0.2, 0.25) is 5.91 Å². The number of carbonyl (C=O) groups excluding carboxylic acids is 2. The highest BCUT2D eigenvalue weighted by Crippen LogP contribution is 2.34. The zero-order valence-electron chi connectivity index (χ0n) is 16.1. The average molecular weight is 426 g/mol. The smallest absolute Gasteiger partial charge is 0.406 e. The molecule has 1 N–H and O–H groups in total. The van der Waals surface area contributed by atoms with Crippen LogP contribution < -0.4 is 15.0 Å². The van der Waals surface area contributed by atoms with Gasteiger partial charge in [-0.1, -0.05) is 36.4 Å². The Hall–Kier alpha value is -3.81. The van der Waals surface area contributed by atoms with Crippen LogP contribution in [0.25, 0.3) is 0 Å². The van der Waals surface area contributed by atoms with Crippen molar-refractivity contribution in [1.29, 1.82) is 0 Å². The molecule has 0 bridgehead atoms. The molecule has 1 heterocycles. The van der Waals surface area contributed by atoms with Gasteiger partial charge < -0.3 is 10.1 Å². The number of nitrogens with one attached hydrogen (secondary N) is 1. The molecule has 1 unspecified atom stereocenters. The number of anilines is 2. The molecular formula is C23H17F3N2O3. The van der Waals surface area contributed by atoms with Crippen LogP contribution in [0.1, 0.15) is 15.9 Å². The van der Waals surface area contributed by atoms with E-state index in [1.807, 2.05) is 12.1 Å². The lowest BCUT2D eigenvalue weighted by Gasteiger charge is -2.25. The number of carbonyl (C=O) groups is 2. The van der Waals surface area contributed by atoms with E-state index in [4.69, 9.17) is 0 Å². The normalized spacial score (nSPS) is 15.3. The van der Waals surface area contributed by atoms with Gasteiger partial charge in [-0.05, 0) is 48.0 Å². The van der Waals surface area contributed by atoms with Crippen molar-refractivity contribution in [2.75, 3.05) is 10.2 Å². The molecule has 1 aliphatic rings. The molecule has 31 heavy (non-hydrogen) atoms. The third-order valence-corrected chi connectivity index (χ3v) is 4.87. The van der Waals surface area contributed by atoms with Crippen molar-refractivity contribution in [2.45, 2.75) is 18.8 Å². The Morgan fingerprint density at radius 1 is 0.903 bits per heavy atom. The second-order valence-corrected chi connectivity index (χ2v) is 6.95. The van der Waals surface area contributed by atoms with Crippen molar-refractivity contribution in [3.8, 4) is 5.75 Å². The van der Waals surface area contributed by atoms with Crippen LogP contribution in [-0.2, 0) is 11.2 Å². The summed E-state index contributed by atoms with van der Waals surface area (Å²) in [7, 11) is 0. The molecule has 3 aromatic rings. The van der Waals surface area contributed by atoms with Crippen LogP contribution >= 0.6 is 0 Å². The van der Waals surface area contributed by atoms with Gasteiger partial charge in [0, 0.05) is 23.4 Å². The SMILES string of the molecule is O=C(Nc1ccc(OC(F)(F)F)cc1)C1Cc2ccccc2N1C(=O)c1ccccc1. The van der Waals surface area contributed by atoms with Crippen molar-refractivity contribution in [3.05, 3.63) is 90.0 Å². The van der Waals surface area contributed by atoms with Crippen molar-refractivity contribution in [1.82, 2.24) is 0 Å². The summed E-state index contributed by atoms with van der Waals surface area (Å²) in [6.07, 6.45) is -4.46. The van der Waals surface area contributed by atoms with E-state index in [1.54, 1.807) is 42.5 Å². The molecule has 0 spiro atoms. The van der Waals surface area contributed by atoms with E-state index >= 15 is 0 Å². The van der Waals surface area contributed by atoms with Crippen LogP contribution in [0.5, 0.6) is 5.75 Å². The highest BCUT2D eigenvalue weighted by Gasteiger charge is 2.38. The standard InChI is InChI=1S/C23H17F3N2O3/c24-23(25,26)31-18-12-10-17(11-13-18)27-21(29)20-14-16-8-4-5-9-19(16)28(20)22(30)15-6-2-1-3-7-15/h1-13,20H,14H2,(H,27,29). The molecule has 0 radical (unpaired) electrons. The van der Waals surface area contributed by atoms with Crippen molar-refractivity contribution in [2.24, 2.45) is 0 Å². The number of nitrogens with zero attached hydrogens (tertiary/aromatic N) is 1. The Bertz CT molecular complexity index is 1100. The zero-order chi connectivity index (χ0) is 22.0. The Morgan fingerprint density at radius 3 is 2.23 bits per heavy atom. The summed E-state index contributed by atoms with van der Waals surface area (Å²) in [5.74, 6) is -1.13. The fourth-order valence-electron chi connectivity index (χ4n) is 3.53. The molecule has 0 fully saturated rings. The fourth-order valence-corrected chi connectivity index (χ4v) is 3.53. The second kappa shape index (κ2) is 8.14. The number of fused-ring (bicyclic) bond motifs is 1. The summed E-state index contributed by atoms with van der Waals surface area (Å²) in [4.78, 5) is 27.7. The molecular weight excluding hydrogens is 409 g/mol. The lowest BCUT2D eigenvalue weighted by molar-refractivity contribution is -0.274. The lowest BCUT2D eigenvalue weighted by atomic mass is 10.1. The Balaban J connectivity index is 1.56. The van der Waals surface area contributed by atoms with Crippen LogP contribution in [0.3, 0.4) is 0 Å². The van der Waals surface area contributed by atoms with Crippen molar-refractivity contribution >= 4 is 23.2 Å². The van der Waals surface area contributed by atoms with Gasteiger partial charge in [-0.25, -0.2) is 0 Å². The monoisotopic (exact) mass is 426 g/mol. The third-order valence-electron chi connectivity index (χ3n) is 4.87. The molecule has 0 saturated carbocycles. The van der Waals surface area contributed by atoms with Gasteiger partial charge in [0.1, 0.15) is 11.8 Å². The van der Waals surface area contributed by atoms with E-state index < -0.39 is 18.3 Å². The predicted molar refractivity (Wildman–Crippen MR) is 109 cm³/mol. The lowest BCUT2D eigenvalue weighted by Crippen LogP contribution is -2.45. The molecule has 1 atom stereocenters. The van der Waals surface area contributed by atoms with Crippen LogP contribution in [0.2, 0.25) is 0 Å². The number of hydrogen-bond acceptors (Lipinski definition) is 3. The zero-order valence-corrected chi connectivity index (χ0v) is 16.1. The van der Waals surface area contributed by atoms with Crippen molar-refractivity contribution < 1.29 is 27.5 Å². The van der Waals surface area contributed by atoms with E-state index in [2.05, 4.69) is 10.1 Å². The molecule has 2 amide bonds. The number of ether oxygens (including phenoxy) is 1. The number of halogens is 3. The summed E-state index contributed by atoms with van der Waals surface area (Å²) in [6.45, 7) is 0.